The highest BCUT2D eigenvalue weighted by atomic mass is 35.6. The van der Waals surface area contributed by atoms with Crippen LogP contribution in [0, 0.1) is 5.82 Å². The molecule has 0 spiro atoms. The van der Waals surface area contributed by atoms with Crippen molar-refractivity contribution in [2.75, 3.05) is 0 Å². The molecule has 2 aromatic rings. The number of rotatable bonds is 5. The zero-order valence-electron chi connectivity index (χ0n) is 12.0. The summed E-state index contributed by atoms with van der Waals surface area (Å²) in [6, 6.07) is 14.7. The summed E-state index contributed by atoms with van der Waals surface area (Å²) in [5.41, 5.74) is 1.32. The van der Waals surface area contributed by atoms with E-state index in [9.17, 15) is 9.18 Å². The maximum atomic E-state index is 12.9. The number of alkyl halides is 3. The van der Waals surface area contributed by atoms with E-state index >= 15 is 0 Å². The average molecular weight is 377 g/mol. The van der Waals surface area contributed by atoms with Gasteiger partial charge in [-0.1, -0.05) is 65.1 Å². The van der Waals surface area contributed by atoms with E-state index in [1.807, 2.05) is 30.3 Å². The topological polar surface area (TPSA) is 45.7 Å². The first-order valence-corrected chi connectivity index (χ1v) is 8.00. The molecule has 0 radical (unpaired) electrons. The maximum absolute atomic E-state index is 12.9. The van der Waals surface area contributed by atoms with Crippen molar-refractivity contribution >= 4 is 40.7 Å². The van der Waals surface area contributed by atoms with Gasteiger partial charge in [-0.3, -0.25) is 10.1 Å². The quantitative estimate of drug-likeness (QED) is 0.611. The van der Waals surface area contributed by atoms with E-state index in [0.717, 1.165) is 5.56 Å². The van der Waals surface area contributed by atoms with E-state index in [-0.39, 0.29) is 0 Å². The summed E-state index contributed by atoms with van der Waals surface area (Å²) < 4.78 is 11.2. The fraction of sp³-hybridized carbons (Fsp3) is 0.188. The lowest BCUT2D eigenvalue weighted by Gasteiger charge is -2.23. The number of amides is 1. The van der Waals surface area contributed by atoms with Crippen LogP contribution in [0.2, 0.25) is 0 Å². The summed E-state index contributed by atoms with van der Waals surface area (Å²) >= 11 is 17.8. The molecule has 0 bridgehead atoms. The Morgan fingerprint density at radius 3 is 2.26 bits per heavy atom. The van der Waals surface area contributed by atoms with Crippen molar-refractivity contribution in [3.63, 3.8) is 0 Å². The molecule has 0 fully saturated rings. The van der Waals surface area contributed by atoms with Gasteiger partial charge in [-0.2, -0.15) is 0 Å². The van der Waals surface area contributed by atoms with E-state index in [1.54, 1.807) is 5.32 Å². The van der Waals surface area contributed by atoms with Gasteiger partial charge >= 0.3 is 0 Å². The highest BCUT2D eigenvalue weighted by Gasteiger charge is 2.37. The van der Waals surface area contributed by atoms with E-state index < -0.39 is 21.7 Å². The number of quaternary nitrogens is 1. The number of hydrogen-bond donors (Lipinski definition) is 2. The Morgan fingerprint density at radius 1 is 1.09 bits per heavy atom. The molecule has 3 nitrogen and oxygen atoms in total. The third-order valence-electron chi connectivity index (χ3n) is 3.18. The van der Waals surface area contributed by atoms with Crippen LogP contribution >= 0.6 is 34.8 Å². The van der Waals surface area contributed by atoms with Crippen LogP contribution in [0.1, 0.15) is 15.9 Å². The number of nitrogens with one attached hydrogen (secondary N) is 1. The molecule has 0 saturated carbocycles. The molecule has 1 amide bonds. The Hall–Kier alpha value is -1.33. The predicted octanol–water partition coefficient (Wildman–Crippen LogP) is 3.02. The Bertz CT molecular complexity index is 645. The molecular weight excluding hydrogens is 362 g/mol. The molecule has 0 aromatic heterocycles. The number of benzene rings is 2. The summed E-state index contributed by atoms with van der Waals surface area (Å²) in [6.45, 7) is 0.531. The summed E-state index contributed by atoms with van der Waals surface area (Å²) in [6.07, 6.45) is -0.787. The summed E-state index contributed by atoms with van der Waals surface area (Å²) in [5, 5.41) is 4.38. The first-order chi connectivity index (χ1) is 10.9. The Labute approximate surface area is 148 Å². The van der Waals surface area contributed by atoms with Crippen LogP contribution in [-0.4, -0.2) is 15.9 Å². The molecule has 0 unspecified atom stereocenters. The van der Waals surface area contributed by atoms with Crippen molar-refractivity contribution in [3.05, 3.63) is 71.5 Å². The average Bonchev–Trinajstić information content (AvgIpc) is 2.51. The standard InChI is InChI=1S/C16H14Cl3FN2O/c17-16(18,19)15(21-10-11-4-2-1-3-5-11)22-14(23)12-6-8-13(20)9-7-12/h1-9,15,21H,10H2,(H,22,23)/p+1/t15-/m1/s1. The lowest BCUT2D eigenvalue weighted by molar-refractivity contribution is -0.706. The molecule has 0 aliphatic heterocycles. The Kier molecular flexibility index (Phi) is 6.25. The fourth-order valence-corrected chi connectivity index (χ4v) is 2.40. The zero-order chi connectivity index (χ0) is 16.9. The van der Waals surface area contributed by atoms with Gasteiger partial charge in [0.05, 0.1) is 0 Å². The van der Waals surface area contributed by atoms with Gasteiger partial charge in [0.2, 0.25) is 6.17 Å². The minimum Gasteiger partial charge on any atom is -0.319 e. The van der Waals surface area contributed by atoms with Crippen LogP contribution in [0.4, 0.5) is 4.39 Å². The SMILES string of the molecule is O=C(N[C@@H]([NH2+]Cc1ccccc1)C(Cl)(Cl)Cl)c1ccc(F)cc1. The molecule has 3 N–H and O–H groups in total. The van der Waals surface area contributed by atoms with Crippen LogP contribution in [0.5, 0.6) is 0 Å². The number of halogens is 4. The smallest absolute Gasteiger partial charge is 0.262 e. The van der Waals surface area contributed by atoms with Gasteiger partial charge in [0.1, 0.15) is 12.4 Å². The third-order valence-corrected chi connectivity index (χ3v) is 3.88. The van der Waals surface area contributed by atoms with Crippen molar-refractivity contribution < 1.29 is 14.5 Å². The molecule has 7 heteroatoms. The lowest BCUT2D eigenvalue weighted by atomic mass is 10.2. The molecule has 0 aliphatic carbocycles. The minimum atomic E-state index is -1.69. The number of carbonyl (C=O) groups excluding carboxylic acids is 1. The Balaban J connectivity index is 2.04. The van der Waals surface area contributed by atoms with Crippen molar-refractivity contribution in [1.82, 2.24) is 5.32 Å². The van der Waals surface area contributed by atoms with Gasteiger partial charge in [-0.05, 0) is 24.3 Å². The fourth-order valence-electron chi connectivity index (χ4n) is 1.97. The second-order valence-corrected chi connectivity index (χ2v) is 7.29. The van der Waals surface area contributed by atoms with E-state index in [0.29, 0.717) is 12.1 Å². The molecule has 0 aliphatic rings. The van der Waals surface area contributed by atoms with Gasteiger partial charge in [-0.25, -0.2) is 4.39 Å². The van der Waals surface area contributed by atoms with Gasteiger partial charge < -0.3 is 5.32 Å². The second kappa shape index (κ2) is 7.97. The largest absolute Gasteiger partial charge is 0.319 e. The molecule has 1 atom stereocenters. The normalized spacial score (nSPS) is 12.7. The van der Waals surface area contributed by atoms with Gasteiger partial charge in [-0.15, -0.1) is 0 Å². The van der Waals surface area contributed by atoms with Crippen LogP contribution in [0.15, 0.2) is 54.6 Å². The summed E-state index contributed by atoms with van der Waals surface area (Å²) in [5.74, 6) is -0.860. The van der Waals surface area contributed by atoms with Crippen molar-refractivity contribution in [2.45, 2.75) is 16.5 Å². The second-order valence-electron chi connectivity index (χ2n) is 4.93. The van der Waals surface area contributed by atoms with Crippen LogP contribution in [0.25, 0.3) is 0 Å². The van der Waals surface area contributed by atoms with E-state index in [1.165, 1.54) is 24.3 Å². The highest BCUT2D eigenvalue weighted by Crippen LogP contribution is 2.27. The number of hydrogen-bond acceptors (Lipinski definition) is 1. The van der Waals surface area contributed by atoms with Gasteiger partial charge in [0.15, 0.2) is 0 Å². The van der Waals surface area contributed by atoms with Crippen molar-refractivity contribution in [1.29, 1.82) is 0 Å². The molecule has 2 aromatic carbocycles. The number of carbonyl (C=O) groups is 1. The molecular formula is C16H15Cl3FN2O+. The molecule has 0 saturated heterocycles. The molecule has 2 rings (SSSR count). The van der Waals surface area contributed by atoms with Crippen molar-refractivity contribution in [3.8, 4) is 0 Å². The first kappa shape index (κ1) is 18.0. The maximum Gasteiger partial charge on any atom is 0.262 e. The zero-order valence-corrected chi connectivity index (χ0v) is 14.2. The summed E-state index contributed by atoms with van der Waals surface area (Å²) in [4.78, 5) is 12.2. The molecule has 23 heavy (non-hydrogen) atoms. The summed E-state index contributed by atoms with van der Waals surface area (Å²) in [7, 11) is 0. The first-order valence-electron chi connectivity index (χ1n) is 6.86. The number of nitrogens with two attached hydrogens (primary N) is 1. The molecule has 0 heterocycles. The highest BCUT2D eigenvalue weighted by molar-refractivity contribution is 6.68. The monoisotopic (exact) mass is 375 g/mol. The van der Waals surface area contributed by atoms with E-state index in [2.05, 4.69) is 5.32 Å². The molecule has 122 valence electrons. The van der Waals surface area contributed by atoms with Gasteiger partial charge in [0.25, 0.3) is 9.70 Å². The van der Waals surface area contributed by atoms with Crippen LogP contribution in [0.3, 0.4) is 0 Å². The predicted molar refractivity (Wildman–Crippen MR) is 90.0 cm³/mol. The van der Waals surface area contributed by atoms with Crippen LogP contribution in [-0.2, 0) is 6.54 Å². The van der Waals surface area contributed by atoms with Crippen LogP contribution < -0.4 is 10.6 Å². The van der Waals surface area contributed by atoms with Crippen molar-refractivity contribution in [2.24, 2.45) is 0 Å². The Morgan fingerprint density at radius 2 is 1.70 bits per heavy atom. The minimum absolute atomic E-state index is 0.291. The van der Waals surface area contributed by atoms with Gasteiger partial charge in [0, 0.05) is 11.1 Å². The lowest BCUT2D eigenvalue weighted by Crippen LogP contribution is -2.95. The third kappa shape index (κ3) is 5.66. The van der Waals surface area contributed by atoms with E-state index in [4.69, 9.17) is 34.8 Å².